The van der Waals surface area contributed by atoms with E-state index in [0.29, 0.717) is 38.7 Å². The molecule has 1 aliphatic rings. The van der Waals surface area contributed by atoms with Gasteiger partial charge in [-0.05, 0) is 72.5 Å². The number of ether oxygens (including phenoxy) is 5. The quantitative estimate of drug-likeness (QED) is 0.141. The van der Waals surface area contributed by atoms with Crippen molar-refractivity contribution in [3.8, 4) is 23.0 Å². The van der Waals surface area contributed by atoms with Gasteiger partial charge in [0.15, 0.2) is 0 Å². The van der Waals surface area contributed by atoms with Gasteiger partial charge in [-0.2, -0.15) is 0 Å². The Bertz CT molecular complexity index is 1410. The number of hydrogen-bond acceptors (Lipinski definition) is 8. The van der Waals surface area contributed by atoms with Crippen LogP contribution in [0.25, 0.3) is 0 Å². The van der Waals surface area contributed by atoms with Crippen molar-refractivity contribution < 1.29 is 23.7 Å². The summed E-state index contributed by atoms with van der Waals surface area (Å²) >= 11 is 0. The lowest BCUT2D eigenvalue weighted by Crippen LogP contribution is -2.24. The number of aromatic nitrogens is 1. The topological polar surface area (TPSA) is 65.5 Å². The smallest absolute Gasteiger partial charge is 0.137 e. The molecule has 3 aromatic carbocycles. The van der Waals surface area contributed by atoms with Crippen LogP contribution in [0.15, 0.2) is 91.1 Å². The maximum absolute atomic E-state index is 5.89. The molecule has 8 nitrogen and oxygen atoms in total. The van der Waals surface area contributed by atoms with E-state index in [4.69, 9.17) is 28.7 Å². The molecule has 43 heavy (non-hydrogen) atoms. The summed E-state index contributed by atoms with van der Waals surface area (Å²) in [4.78, 5) is 9.53. The minimum Gasteiger partial charge on any atom is -0.497 e. The molecule has 2 heterocycles. The molecule has 0 atom stereocenters. The van der Waals surface area contributed by atoms with Crippen LogP contribution in [0.1, 0.15) is 24.0 Å². The highest BCUT2D eigenvalue weighted by molar-refractivity contribution is 5.51. The van der Waals surface area contributed by atoms with Gasteiger partial charge in [-0.15, -0.1) is 0 Å². The van der Waals surface area contributed by atoms with Crippen LogP contribution in [-0.4, -0.2) is 58.7 Å². The molecule has 1 saturated heterocycles. The first-order valence-electron chi connectivity index (χ1n) is 14.9. The summed E-state index contributed by atoms with van der Waals surface area (Å²) in [6.45, 7) is 5.49. The van der Waals surface area contributed by atoms with E-state index < -0.39 is 0 Å². The summed E-state index contributed by atoms with van der Waals surface area (Å²) in [6.07, 6.45) is 4.30. The zero-order chi connectivity index (χ0) is 29.7. The molecule has 4 aromatic rings. The van der Waals surface area contributed by atoms with Crippen molar-refractivity contribution in [2.24, 2.45) is 0 Å². The van der Waals surface area contributed by atoms with Gasteiger partial charge in [0.25, 0.3) is 0 Å². The third-order valence-corrected chi connectivity index (χ3v) is 7.34. The standard InChI is InChI=1S/C35H41N3O5/c1-39-31-11-6-9-29(23-31)27-38(26-28-8-5-10-30(22-28)37-16-3-4-17-37)35-15-14-34(25-36-35)43-21-19-41-18-20-42-33-13-7-12-32(24-33)40-2/h5-15,22-25H,3-4,16-21,26-27H2,1-2H3. The van der Waals surface area contributed by atoms with Crippen LogP contribution in [0.5, 0.6) is 23.0 Å². The van der Waals surface area contributed by atoms with Gasteiger partial charge in [0.05, 0.1) is 33.6 Å². The number of methoxy groups -OCH3 is 2. The normalized spacial score (nSPS) is 12.7. The molecule has 0 spiro atoms. The van der Waals surface area contributed by atoms with E-state index in [1.54, 1.807) is 20.4 Å². The van der Waals surface area contributed by atoms with Crippen molar-refractivity contribution in [3.05, 3.63) is 102 Å². The van der Waals surface area contributed by atoms with Crippen molar-refractivity contribution in [3.63, 3.8) is 0 Å². The van der Waals surface area contributed by atoms with Gasteiger partial charge >= 0.3 is 0 Å². The Balaban J connectivity index is 1.15. The summed E-state index contributed by atoms with van der Waals surface area (Å²) in [5, 5.41) is 0. The van der Waals surface area contributed by atoms with E-state index in [-0.39, 0.29) is 0 Å². The molecule has 0 unspecified atom stereocenters. The van der Waals surface area contributed by atoms with Crippen molar-refractivity contribution in [1.82, 2.24) is 4.98 Å². The van der Waals surface area contributed by atoms with E-state index >= 15 is 0 Å². The highest BCUT2D eigenvalue weighted by Gasteiger charge is 2.15. The zero-order valence-electron chi connectivity index (χ0n) is 25.1. The molecule has 1 fully saturated rings. The van der Waals surface area contributed by atoms with Crippen LogP contribution in [0.2, 0.25) is 0 Å². The molecule has 0 radical (unpaired) electrons. The fraction of sp³-hybridized carbons (Fsp3) is 0.343. The lowest BCUT2D eigenvalue weighted by molar-refractivity contribution is 0.0763. The molecular weight excluding hydrogens is 542 g/mol. The molecule has 226 valence electrons. The number of benzene rings is 3. The summed E-state index contributed by atoms with van der Waals surface area (Å²) < 4.78 is 28.0. The Morgan fingerprint density at radius 2 is 1.28 bits per heavy atom. The molecule has 0 saturated carbocycles. The minimum absolute atomic E-state index is 0.428. The number of nitrogens with zero attached hydrogens (tertiary/aromatic N) is 3. The second kappa shape index (κ2) is 15.7. The molecule has 0 N–H and O–H groups in total. The van der Waals surface area contributed by atoms with E-state index in [1.165, 1.54) is 24.1 Å². The van der Waals surface area contributed by atoms with Crippen LogP contribution in [0.3, 0.4) is 0 Å². The Kier molecular flexibility index (Phi) is 11.0. The van der Waals surface area contributed by atoms with E-state index in [1.807, 2.05) is 48.5 Å². The highest BCUT2D eigenvalue weighted by Crippen LogP contribution is 2.26. The summed E-state index contributed by atoms with van der Waals surface area (Å²) in [6, 6.07) is 28.6. The maximum Gasteiger partial charge on any atom is 0.137 e. The SMILES string of the molecule is COc1cccc(CN(Cc2cccc(N3CCCC3)c2)c2ccc(OCCOCCOc3cccc(OC)c3)cn2)c1. The van der Waals surface area contributed by atoms with Crippen molar-refractivity contribution in [1.29, 1.82) is 0 Å². The van der Waals surface area contributed by atoms with Crippen LogP contribution < -0.4 is 28.7 Å². The van der Waals surface area contributed by atoms with Crippen LogP contribution >= 0.6 is 0 Å². The molecule has 1 aliphatic heterocycles. The first-order chi connectivity index (χ1) is 21.2. The second-order valence-corrected chi connectivity index (χ2v) is 10.4. The molecular formula is C35H41N3O5. The first kappa shape index (κ1) is 30.0. The van der Waals surface area contributed by atoms with E-state index in [0.717, 1.165) is 48.3 Å². The summed E-state index contributed by atoms with van der Waals surface area (Å²) in [5.74, 6) is 3.95. The lowest BCUT2D eigenvalue weighted by atomic mass is 10.1. The summed E-state index contributed by atoms with van der Waals surface area (Å²) in [7, 11) is 3.33. The molecule has 1 aromatic heterocycles. The van der Waals surface area contributed by atoms with Gasteiger partial charge < -0.3 is 33.5 Å². The third-order valence-electron chi connectivity index (χ3n) is 7.34. The average molecular weight is 584 g/mol. The molecule has 0 amide bonds. The van der Waals surface area contributed by atoms with Crippen molar-refractivity contribution in [2.45, 2.75) is 25.9 Å². The predicted octanol–water partition coefficient (Wildman–Crippen LogP) is 6.38. The maximum atomic E-state index is 5.89. The number of pyridine rings is 1. The molecule has 8 heteroatoms. The Labute approximate surface area is 254 Å². The first-order valence-corrected chi connectivity index (χ1v) is 14.9. The van der Waals surface area contributed by atoms with E-state index in [2.05, 4.69) is 46.2 Å². The lowest BCUT2D eigenvalue weighted by Gasteiger charge is -2.25. The number of hydrogen-bond donors (Lipinski definition) is 0. The van der Waals surface area contributed by atoms with Crippen LogP contribution in [-0.2, 0) is 17.8 Å². The fourth-order valence-corrected chi connectivity index (χ4v) is 5.13. The molecule has 0 aliphatic carbocycles. The van der Waals surface area contributed by atoms with Crippen LogP contribution in [0, 0.1) is 0 Å². The Morgan fingerprint density at radius 3 is 1.98 bits per heavy atom. The molecule has 5 rings (SSSR count). The van der Waals surface area contributed by atoms with Crippen molar-refractivity contribution >= 4 is 11.5 Å². The third kappa shape index (κ3) is 9.03. The average Bonchev–Trinajstić information content (AvgIpc) is 3.60. The molecule has 0 bridgehead atoms. The number of anilines is 2. The van der Waals surface area contributed by atoms with Crippen molar-refractivity contribution in [2.75, 3.05) is 63.5 Å². The largest absolute Gasteiger partial charge is 0.497 e. The Morgan fingerprint density at radius 1 is 0.651 bits per heavy atom. The van der Waals surface area contributed by atoms with Gasteiger partial charge in [0.1, 0.15) is 42.0 Å². The fourth-order valence-electron chi connectivity index (χ4n) is 5.13. The van der Waals surface area contributed by atoms with Gasteiger partial charge in [0, 0.05) is 37.9 Å². The number of rotatable bonds is 16. The predicted molar refractivity (Wildman–Crippen MR) is 170 cm³/mol. The highest BCUT2D eigenvalue weighted by atomic mass is 16.5. The summed E-state index contributed by atoms with van der Waals surface area (Å²) in [5.41, 5.74) is 3.70. The van der Waals surface area contributed by atoms with Crippen LogP contribution in [0.4, 0.5) is 11.5 Å². The monoisotopic (exact) mass is 583 g/mol. The zero-order valence-corrected chi connectivity index (χ0v) is 25.1. The van der Waals surface area contributed by atoms with Gasteiger partial charge in [-0.1, -0.05) is 30.3 Å². The Hall–Kier alpha value is -4.43. The van der Waals surface area contributed by atoms with E-state index in [9.17, 15) is 0 Å². The van der Waals surface area contributed by atoms with Gasteiger partial charge in [0.2, 0.25) is 0 Å². The minimum atomic E-state index is 0.428. The van der Waals surface area contributed by atoms with Gasteiger partial charge in [-0.25, -0.2) is 4.98 Å². The second-order valence-electron chi connectivity index (χ2n) is 10.4. The van der Waals surface area contributed by atoms with Gasteiger partial charge in [-0.3, -0.25) is 0 Å².